The molecule has 0 unspecified atom stereocenters. The Morgan fingerprint density at radius 2 is 2.29 bits per heavy atom. The van der Waals surface area contributed by atoms with Gasteiger partial charge in [-0.25, -0.2) is 0 Å². The molecule has 0 aromatic carbocycles. The van der Waals surface area contributed by atoms with E-state index in [0.717, 1.165) is 25.0 Å². The number of aromatic nitrogens is 3. The average Bonchev–Trinajstić information content (AvgIpc) is 3.14. The normalized spacial score (nSPS) is 13.4. The van der Waals surface area contributed by atoms with E-state index in [4.69, 9.17) is 4.74 Å². The molecule has 0 spiro atoms. The fraction of sp³-hybridized carbons (Fsp3) is 0.500. The maximum Gasteiger partial charge on any atom is 0.261 e. The molecule has 0 amide bonds. The molecule has 2 heterocycles. The number of pyridine rings is 1. The van der Waals surface area contributed by atoms with E-state index in [9.17, 15) is 4.79 Å². The Labute approximate surface area is 126 Å². The van der Waals surface area contributed by atoms with Gasteiger partial charge in [-0.1, -0.05) is 11.3 Å². The first-order valence-electron chi connectivity index (χ1n) is 7.00. The molecule has 1 aliphatic carbocycles. The van der Waals surface area contributed by atoms with Crippen LogP contribution in [0.4, 0.5) is 5.13 Å². The molecule has 21 heavy (non-hydrogen) atoms. The minimum atomic E-state index is 0.00602. The van der Waals surface area contributed by atoms with Crippen LogP contribution < -0.4 is 10.9 Å². The van der Waals surface area contributed by atoms with Gasteiger partial charge in [-0.3, -0.25) is 4.79 Å². The van der Waals surface area contributed by atoms with Crippen molar-refractivity contribution in [2.75, 3.05) is 26.1 Å². The van der Waals surface area contributed by atoms with Gasteiger partial charge in [-0.2, -0.15) is 0 Å². The molecule has 1 aliphatic rings. The monoisotopic (exact) mass is 306 g/mol. The second kappa shape index (κ2) is 5.95. The van der Waals surface area contributed by atoms with Gasteiger partial charge >= 0.3 is 0 Å². The van der Waals surface area contributed by atoms with Crippen LogP contribution >= 0.6 is 11.3 Å². The zero-order chi connectivity index (χ0) is 14.8. The fourth-order valence-corrected chi connectivity index (χ4v) is 3.43. The smallest absolute Gasteiger partial charge is 0.261 e. The van der Waals surface area contributed by atoms with E-state index in [1.54, 1.807) is 14.2 Å². The Balaban J connectivity index is 2.11. The van der Waals surface area contributed by atoms with Gasteiger partial charge in [0, 0.05) is 26.4 Å². The summed E-state index contributed by atoms with van der Waals surface area (Å²) < 4.78 is 6.98. The van der Waals surface area contributed by atoms with E-state index >= 15 is 0 Å². The summed E-state index contributed by atoms with van der Waals surface area (Å²) in [6.45, 7) is 1.12. The van der Waals surface area contributed by atoms with Gasteiger partial charge in [0.25, 0.3) is 5.56 Å². The molecule has 3 rings (SSSR count). The van der Waals surface area contributed by atoms with Gasteiger partial charge < -0.3 is 14.6 Å². The zero-order valence-electron chi connectivity index (χ0n) is 12.2. The molecule has 0 fully saturated rings. The van der Waals surface area contributed by atoms with Crippen LogP contribution in [0.25, 0.3) is 10.6 Å². The molecule has 6 nitrogen and oxygen atoms in total. The lowest BCUT2D eigenvalue weighted by Gasteiger charge is -2.13. The quantitative estimate of drug-likeness (QED) is 0.907. The molecule has 0 radical (unpaired) electrons. The molecule has 0 atom stereocenters. The van der Waals surface area contributed by atoms with E-state index in [1.807, 2.05) is 10.6 Å². The lowest BCUT2D eigenvalue weighted by molar-refractivity contribution is 0.185. The Kier molecular flexibility index (Phi) is 4.03. The van der Waals surface area contributed by atoms with Gasteiger partial charge in [-0.15, -0.1) is 10.2 Å². The highest BCUT2D eigenvalue weighted by atomic mass is 32.1. The molecular formula is C14H18N4O2S. The lowest BCUT2D eigenvalue weighted by atomic mass is 10.1. The summed E-state index contributed by atoms with van der Waals surface area (Å²) >= 11 is 1.40. The molecule has 0 aliphatic heterocycles. The van der Waals surface area contributed by atoms with E-state index in [2.05, 4.69) is 15.5 Å². The standard InChI is InChI=1S/C14H18N4O2S/c1-15-14-17-16-12(21-14)10-8-9-4-3-5-11(9)18(13(10)19)6-7-20-2/h8H,3-7H2,1-2H3,(H,15,17). The van der Waals surface area contributed by atoms with Crippen LogP contribution in [0, 0.1) is 0 Å². The molecule has 0 bridgehead atoms. The van der Waals surface area contributed by atoms with Crippen molar-refractivity contribution >= 4 is 16.5 Å². The number of methoxy groups -OCH3 is 1. The number of anilines is 1. The predicted octanol–water partition coefficient (Wildman–Crippen LogP) is 1.54. The molecular weight excluding hydrogens is 288 g/mol. The highest BCUT2D eigenvalue weighted by molar-refractivity contribution is 7.18. The van der Waals surface area contributed by atoms with E-state index in [0.29, 0.717) is 28.9 Å². The average molecular weight is 306 g/mol. The van der Waals surface area contributed by atoms with Crippen LogP contribution in [-0.2, 0) is 24.1 Å². The van der Waals surface area contributed by atoms with Crippen LogP contribution in [0.1, 0.15) is 17.7 Å². The van der Waals surface area contributed by atoms with E-state index in [1.165, 1.54) is 16.9 Å². The van der Waals surface area contributed by atoms with Crippen LogP contribution in [-0.4, -0.2) is 35.5 Å². The second-order valence-corrected chi connectivity index (χ2v) is 5.97. The lowest BCUT2D eigenvalue weighted by Crippen LogP contribution is -2.27. The molecule has 1 N–H and O–H groups in total. The van der Waals surface area contributed by atoms with Crippen molar-refractivity contribution in [3.05, 3.63) is 27.7 Å². The van der Waals surface area contributed by atoms with Crippen molar-refractivity contribution < 1.29 is 4.74 Å². The highest BCUT2D eigenvalue weighted by Crippen LogP contribution is 2.28. The minimum Gasteiger partial charge on any atom is -0.383 e. The van der Waals surface area contributed by atoms with Crippen molar-refractivity contribution in [3.8, 4) is 10.6 Å². The first-order valence-corrected chi connectivity index (χ1v) is 7.82. The van der Waals surface area contributed by atoms with Crippen LogP contribution in [0.2, 0.25) is 0 Å². The van der Waals surface area contributed by atoms with Crippen LogP contribution in [0.5, 0.6) is 0 Å². The number of hydrogen-bond donors (Lipinski definition) is 1. The summed E-state index contributed by atoms with van der Waals surface area (Å²) in [4.78, 5) is 12.8. The summed E-state index contributed by atoms with van der Waals surface area (Å²) in [5, 5.41) is 12.5. The van der Waals surface area contributed by atoms with E-state index < -0.39 is 0 Å². The Hall–Kier alpha value is -1.73. The number of ether oxygens (including phenoxy) is 1. The number of rotatable bonds is 5. The summed E-state index contributed by atoms with van der Waals surface area (Å²) in [5.41, 5.74) is 3.05. The van der Waals surface area contributed by atoms with Gasteiger partial charge in [0.2, 0.25) is 5.13 Å². The number of fused-ring (bicyclic) bond motifs is 1. The molecule has 0 saturated heterocycles. The first kappa shape index (κ1) is 14.2. The SMILES string of the molecule is CNc1nnc(-c2cc3c(n(CCOC)c2=O)CCC3)s1. The third-order valence-corrected chi connectivity index (χ3v) is 4.71. The molecule has 7 heteroatoms. The number of hydrogen-bond acceptors (Lipinski definition) is 6. The topological polar surface area (TPSA) is 69.0 Å². The fourth-order valence-electron chi connectivity index (χ4n) is 2.72. The van der Waals surface area contributed by atoms with Gasteiger partial charge in [0.1, 0.15) is 0 Å². The van der Waals surface area contributed by atoms with Crippen molar-refractivity contribution in [3.63, 3.8) is 0 Å². The van der Waals surface area contributed by atoms with Crippen LogP contribution in [0.15, 0.2) is 10.9 Å². The van der Waals surface area contributed by atoms with Crippen molar-refractivity contribution in [1.29, 1.82) is 0 Å². The maximum absolute atomic E-state index is 12.8. The van der Waals surface area contributed by atoms with Gasteiger partial charge in [0.15, 0.2) is 5.01 Å². The van der Waals surface area contributed by atoms with Gasteiger partial charge in [-0.05, 0) is 30.9 Å². The van der Waals surface area contributed by atoms with Gasteiger partial charge in [0.05, 0.1) is 12.2 Å². The Bertz CT molecular complexity index is 707. The van der Waals surface area contributed by atoms with E-state index in [-0.39, 0.29) is 5.56 Å². The van der Waals surface area contributed by atoms with Crippen LogP contribution in [0.3, 0.4) is 0 Å². The summed E-state index contributed by atoms with van der Waals surface area (Å²) in [7, 11) is 3.45. The third kappa shape index (κ3) is 2.58. The predicted molar refractivity (Wildman–Crippen MR) is 83.1 cm³/mol. The minimum absolute atomic E-state index is 0.00602. The molecule has 2 aromatic heterocycles. The number of aryl methyl sites for hydroxylation is 1. The highest BCUT2D eigenvalue weighted by Gasteiger charge is 2.21. The largest absolute Gasteiger partial charge is 0.383 e. The second-order valence-electron chi connectivity index (χ2n) is 5.00. The van der Waals surface area contributed by atoms with Crippen molar-refractivity contribution in [1.82, 2.24) is 14.8 Å². The summed E-state index contributed by atoms with van der Waals surface area (Å²) in [5.74, 6) is 0. The zero-order valence-corrected chi connectivity index (χ0v) is 13.0. The maximum atomic E-state index is 12.8. The first-order chi connectivity index (χ1) is 10.2. The molecule has 112 valence electrons. The Morgan fingerprint density at radius 1 is 1.43 bits per heavy atom. The molecule has 2 aromatic rings. The number of nitrogens with one attached hydrogen (secondary N) is 1. The van der Waals surface area contributed by atoms with Crippen molar-refractivity contribution in [2.45, 2.75) is 25.8 Å². The Morgan fingerprint density at radius 3 is 3.00 bits per heavy atom. The number of nitrogens with zero attached hydrogens (tertiary/aromatic N) is 3. The van der Waals surface area contributed by atoms with Crippen molar-refractivity contribution in [2.24, 2.45) is 0 Å². The third-order valence-electron chi connectivity index (χ3n) is 3.74. The summed E-state index contributed by atoms with van der Waals surface area (Å²) in [6.07, 6.45) is 3.09. The molecule has 0 saturated carbocycles. The summed E-state index contributed by atoms with van der Waals surface area (Å²) in [6, 6.07) is 1.99.